The van der Waals surface area contributed by atoms with Crippen molar-refractivity contribution in [2.45, 2.75) is 19.5 Å². The first-order valence-corrected chi connectivity index (χ1v) is 7.59. The van der Waals surface area contributed by atoms with Crippen molar-refractivity contribution in [3.63, 3.8) is 0 Å². The van der Waals surface area contributed by atoms with Crippen LogP contribution >= 0.6 is 11.3 Å². The van der Waals surface area contributed by atoms with E-state index in [2.05, 4.69) is 38.3 Å². The van der Waals surface area contributed by atoms with Gasteiger partial charge in [0.1, 0.15) is 11.2 Å². The Hall–Kier alpha value is -1.99. The number of aromatic amines is 1. The van der Waals surface area contributed by atoms with Crippen molar-refractivity contribution in [1.29, 1.82) is 0 Å². The summed E-state index contributed by atoms with van der Waals surface area (Å²) in [6.45, 7) is 2.72. The zero-order valence-corrected chi connectivity index (χ0v) is 13.0. The van der Waals surface area contributed by atoms with Gasteiger partial charge in [-0.15, -0.1) is 11.3 Å². The summed E-state index contributed by atoms with van der Waals surface area (Å²) in [5.74, 6) is 0.655. The van der Waals surface area contributed by atoms with E-state index in [0.29, 0.717) is 23.4 Å². The summed E-state index contributed by atoms with van der Waals surface area (Å²) in [5, 5.41) is 6.67. The van der Waals surface area contributed by atoms with Gasteiger partial charge in [0.15, 0.2) is 5.65 Å². The van der Waals surface area contributed by atoms with Gasteiger partial charge in [-0.3, -0.25) is 14.4 Å². The number of hydrogen-bond acceptors (Lipinski definition) is 5. The van der Waals surface area contributed by atoms with E-state index in [1.807, 2.05) is 13.1 Å². The molecule has 110 valence electrons. The van der Waals surface area contributed by atoms with Crippen molar-refractivity contribution in [2.75, 3.05) is 7.05 Å². The number of aryl methyl sites for hydroxylation is 1. The van der Waals surface area contributed by atoms with Crippen molar-refractivity contribution in [3.8, 4) is 0 Å². The fraction of sp³-hybridized carbons (Fsp3) is 0.357. The van der Waals surface area contributed by atoms with Crippen LogP contribution in [0.15, 0.2) is 28.5 Å². The molecule has 1 atom stereocenters. The third-order valence-corrected chi connectivity index (χ3v) is 4.71. The molecule has 0 aliphatic rings. The molecule has 3 heterocycles. The van der Waals surface area contributed by atoms with Crippen LogP contribution in [0.4, 0.5) is 0 Å². The third kappa shape index (κ3) is 2.62. The number of hydrogen-bond donors (Lipinski definition) is 1. The Kier molecular flexibility index (Phi) is 3.60. The van der Waals surface area contributed by atoms with E-state index in [0.717, 1.165) is 0 Å². The van der Waals surface area contributed by atoms with E-state index in [9.17, 15) is 4.79 Å². The third-order valence-electron chi connectivity index (χ3n) is 3.67. The number of fused-ring (bicyclic) bond motifs is 1. The molecule has 0 saturated heterocycles. The van der Waals surface area contributed by atoms with Gasteiger partial charge in [-0.2, -0.15) is 5.10 Å². The lowest BCUT2D eigenvalue weighted by molar-refractivity contribution is 0.250. The summed E-state index contributed by atoms with van der Waals surface area (Å²) < 4.78 is 1.62. The van der Waals surface area contributed by atoms with Crippen LogP contribution < -0.4 is 5.56 Å². The second kappa shape index (κ2) is 5.42. The van der Waals surface area contributed by atoms with Gasteiger partial charge in [0.2, 0.25) is 0 Å². The minimum absolute atomic E-state index is 0.139. The van der Waals surface area contributed by atoms with E-state index >= 15 is 0 Å². The smallest absolute Gasteiger partial charge is 0.262 e. The first-order valence-electron chi connectivity index (χ1n) is 6.71. The predicted molar refractivity (Wildman–Crippen MR) is 83.3 cm³/mol. The zero-order valence-electron chi connectivity index (χ0n) is 12.2. The Morgan fingerprint density at radius 1 is 1.52 bits per heavy atom. The van der Waals surface area contributed by atoms with Crippen LogP contribution in [0, 0.1) is 0 Å². The van der Waals surface area contributed by atoms with Gasteiger partial charge < -0.3 is 4.98 Å². The van der Waals surface area contributed by atoms with Gasteiger partial charge in [-0.25, -0.2) is 4.98 Å². The van der Waals surface area contributed by atoms with Gasteiger partial charge in [-0.1, -0.05) is 6.07 Å². The highest BCUT2D eigenvalue weighted by atomic mass is 32.1. The molecule has 6 nitrogen and oxygen atoms in total. The molecule has 0 unspecified atom stereocenters. The maximum atomic E-state index is 12.0. The van der Waals surface area contributed by atoms with Crippen LogP contribution in [0.5, 0.6) is 0 Å². The van der Waals surface area contributed by atoms with E-state index < -0.39 is 0 Å². The summed E-state index contributed by atoms with van der Waals surface area (Å²) in [6, 6.07) is 4.44. The minimum atomic E-state index is -0.139. The summed E-state index contributed by atoms with van der Waals surface area (Å²) in [7, 11) is 3.81. The van der Waals surface area contributed by atoms with E-state index in [1.54, 1.807) is 29.3 Å². The van der Waals surface area contributed by atoms with Crippen molar-refractivity contribution < 1.29 is 0 Å². The fourth-order valence-corrected chi connectivity index (χ4v) is 3.12. The highest BCUT2D eigenvalue weighted by molar-refractivity contribution is 7.10. The van der Waals surface area contributed by atoms with Gasteiger partial charge in [0, 0.05) is 18.0 Å². The van der Waals surface area contributed by atoms with Crippen LogP contribution in [0.2, 0.25) is 0 Å². The molecule has 0 saturated carbocycles. The molecule has 0 aliphatic heterocycles. The van der Waals surface area contributed by atoms with Crippen molar-refractivity contribution in [2.24, 2.45) is 7.05 Å². The van der Waals surface area contributed by atoms with Gasteiger partial charge in [0.05, 0.1) is 12.7 Å². The Morgan fingerprint density at radius 3 is 3.05 bits per heavy atom. The predicted octanol–water partition coefficient (Wildman–Crippen LogP) is 1.91. The highest BCUT2D eigenvalue weighted by Gasteiger charge is 2.15. The summed E-state index contributed by atoms with van der Waals surface area (Å²) >= 11 is 1.73. The first-order chi connectivity index (χ1) is 10.1. The topological polar surface area (TPSA) is 66.8 Å². The average Bonchev–Trinajstić information content (AvgIpc) is 3.09. The maximum absolute atomic E-state index is 12.0. The molecule has 0 spiro atoms. The van der Waals surface area contributed by atoms with Crippen molar-refractivity contribution in [1.82, 2.24) is 24.6 Å². The lowest BCUT2D eigenvalue weighted by Crippen LogP contribution is -2.24. The maximum Gasteiger partial charge on any atom is 0.262 e. The van der Waals surface area contributed by atoms with Gasteiger partial charge in [-0.05, 0) is 25.4 Å². The normalized spacial score (nSPS) is 13.1. The molecule has 7 heteroatoms. The zero-order chi connectivity index (χ0) is 15.0. The van der Waals surface area contributed by atoms with Crippen LogP contribution in [0.25, 0.3) is 11.0 Å². The van der Waals surface area contributed by atoms with E-state index in [4.69, 9.17) is 0 Å². The van der Waals surface area contributed by atoms with E-state index in [1.165, 1.54) is 4.88 Å². The molecule has 0 radical (unpaired) electrons. The summed E-state index contributed by atoms with van der Waals surface area (Å²) in [5.41, 5.74) is 0.478. The van der Waals surface area contributed by atoms with Crippen LogP contribution in [0.1, 0.15) is 23.7 Å². The average molecular weight is 303 g/mol. The molecule has 3 aromatic rings. The number of rotatable bonds is 4. The van der Waals surface area contributed by atoms with Crippen molar-refractivity contribution in [3.05, 3.63) is 44.8 Å². The second-order valence-corrected chi connectivity index (χ2v) is 6.10. The molecule has 3 rings (SSSR count). The lowest BCUT2D eigenvalue weighted by Gasteiger charge is -2.23. The SMILES string of the molecule is C[C@H](c1cccs1)N(C)Cc1nc2c(cnn2C)c(=O)[nH]1. The molecule has 0 amide bonds. The molecule has 0 fully saturated rings. The van der Waals surface area contributed by atoms with Crippen molar-refractivity contribution >= 4 is 22.4 Å². The fourth-order valence-electron chi connectivity index (χ4n) is 2.27. The molecule has 3 aromatic heterocycles. The largest absolute Gasteiger partial charge is 0.309 e. The van der Waals surface area contributed by atoms with Gasteiger partial charge in [0.25, 0.3) is 5.56 Å². The second-order valence-electron chi connectivity index (χ2n) is 5.12. The molecular weight excluding hydrogens is 286 g/mol. The van der Waals surface area contributed by atoms with Crippen LogP contribution in [-0.4, -0.2) is 31.7 Å². The van der Waals surface area contributed by atoms with Crippen LogP contribution in [-0.2, 0) is 13.6 Å². The highest BCUT2D eigenvalue weighted by Crippen LogP contribution is 2.24. The van der Waals surface area contributed by atoms with Crippen LogP contribution in [0.3, 0.4) is 0 Å². The number of nitrogens with one attached hydrogen (secondary N) is 1. The molecular formula is C14H17N5OS. The summed E-state index contributed by atoms with van der Waals surface area (Å²) in [4.78, 5) is 22.8. The molecule has 21 heavy (non-hydrogen) atoms. The Balaban J connectivity index is 1.87. The standard InChI is InChI=1S/C14H17N5OS/c1-9(11-5-4-6-21-11)18(2)8-12-16-13-10(14(20)17-12)7-15-19(13)3/h4-7,9H,8H2,1-3H3,(H,16,17,20)/t9-/m1/s1. The lowest BCUT2D eigenvalue weighted by atomic mass is 10.2. The molecule has 0 aromatic carbocycles. The summed E-state index contributed by atoms with van der Waals surface area (Å²) in [6.07, 6.45) is 1.54. The Bertz CT molecular complexity index is 804. The first kappa shape index (κ1) is 14.0. The molecule has 0 bridgehead atoms. The Labute approximate surface area is 126 Å². The number of thiophene rings is 1. The Morgan fingerprint density at radius 2 is 2.33 bits per heavy atom. The number of nitrogens with zero attached hydrogens (tertiary/aromatic N) is 4. The monoisotopic (exact) mass is 303 g/mol. The molecule has 1 N–H and O–H groups in total. The number of aromatic nitrogens is 4. The minimum Gasteiger partial charge on any atom is -0.309 e. The van der Waals surface area contributed by atoms with E-state index in [-0.39, 0.29) is 11.6 Å². The van der Waals surface area contributed by atoms with Gasteiger partial charge >= 0.3 is 0 Å². The number of H-pyrrole nitrogens is 1. The quantitative estimate of drug-likeness (QED) is 0.799. The molecule has 0 aliphatic carbocycles.